The van der Waals surface area contributed by atoms with Crippen molar-refractivity contribution in [3.63, 3.8) is 0 Å². The second-order valence-corrected chi connectivity index (χ2v) is 5.47. The van der Waals surface area contributed by atoms with Gasteiger partial charge in [0.15, 0.2) is 11.0 Å². The van der Waals surface area contributed by atoms with Crippen LogP contribution >= 0.6 is 34.8 Å². The molecule has 104 valence electrons. The Morgan fingerprint density at radius 3 is 2.58 bits per heavy atom. The average molecular weight is 322 g/mol. The molecule has 1 unspecified atom stereocenters. The first kappa shape index (κ1) is 16.3. The zero-order valence-electron chi connectivity index (χ0n) is 10.9. The Hall–Kier alpha value is -0.770. The van der Waals surface area contributed by atoms with Crippen LogP contribution in [0.15, 0.2) is 17.2 Å². The summed E-state index contributed by atoms with van der Waals surface area (Å²) in [5.41, 5.74) is 4.12. The summed E-state index contributed by atoms with van der Waals surface area (Å²) < 4.78 is 0. The summed E-state index contributed by atoms with van der Waals surface area (Å²) >= 11 is 17.8. The van der Waals surface area contributed by atoms with Gasteiger partial charge in [-0.1, -0.05) is 48.7 Å². The molecule has 0 aliphatic rings. The smallest absolute Gasteiger partial charge is 0.197 e. The minimum atomic E-state index is -0.195. The zero-order chi connectivity index (χ0) is 14.6. The molecule has 0 amide bonds. The lowest BCUT2D eigenvalue weighted by atomic mass is 10.1. The molecule has 0 fully saturated rings. The van der Waals surface area contributed by atoms with E-state index in [2.05, 4.69) is 10.5 Å². The normalized spacial score (nSPS) is 13.3. The zero-order valence-corrected chi connectivity index (χ0v) is 13.2. The van der Waals surface area contributed by atoms with Gasteiger partial charge in [-0.05, 0) is 31.0 Å². The van der Waals surface area contributed by atoms with Gasteiger partial charge in [-0.15, -0.1) is 0 Å². The van der Waals surface area contributed by atoms with Crippen LogP contribution in [0.1, 0.15) is 25.8 Å². The van der Waals surface area contributed by atoms with E-state index >= 15 is 0 Å². The van der Waals surface area contributed by atoms with Crippen molar-refractivity contribution < 1.29 is 4.79 Å². The van der Waals surface area contributed by atoms with E-state index in [1.165, 1.54) is 0 Å². The predicted molar refractivity (Wildman–Crippen MR) is 82.6 cm³/mol. The van der Waals surface area contributed by atoms with Gasteiger partial charge >= 0.3 is 0 Å². The summed E-state index contributed by atoms with van der Waals surface area (Å²) in [5, 5.41) is 4.75. The lowest BCUT2D eigenvalue weighted by Gasteiger charge is -2.09. The van der Waals surface area contributed by atoms with Crippen molar-refractivity contribution in [2.45, 2.75) is 27.2 Å². The van der Waals surface area contributed by atoms with Gasteiger partial charge < -0.3 is 0 Å². The Labute approximate surface area is 127 Å². The molecule has 0 saturated heterocycles. The molecule has 0 radical (unpaired) electrons. The molecule has 0 spiro atoms. The monoisotopic (exact) mass is 320 g/mol. The highest BCUT2D eigenvalue weighted by atomic mass is 35.5. The molecule has 1 rings (SSSR count). The Balaban J connectivity index is 2.90. The summed E-state index contributed by atoms with van der Waals surface area (Å²) in [6.07, 6.45) is 0.714. The number of carbonyl (C=O) groups excluding carboxylic acids is 1. The number of Topliss-reactive ketones (excluding diaryl/α,β-unsaturated/α-hetero) is 1. The van der Waals surface area contributed by atoms with Crippen LogP contribution < -0.4 is 5.43 Å². The van der Waals surface area contributed by atoms with Crippen LogP contribution in [0, 0.1) is 12.8 Å². The van der Waals surface area contributed by atoms with Crippen LogP contribution in [0.3, 0.4) is 0 Å². The first-order valence-corrected chi connectivity index (χ1v) is 6.99. The number of aryl methyl sites for hydroxylation is 1. The van der Waals surface area contributed by atoms with Crippen LogP contribution in [0.2, 0.25) is 10.0 Å². The third-order valence-electron chi connectivity index (χ3n) is 2.78. The number of rotatable bonds is 5. The minimum absolute atomic E-state index is 0.0835. The van der Waals surface area contributed by atoms with Crippen LogP contribution in [-0.4, -0.2) is 11.0 Å². The predicted octanol–water partition coefficient (Wildman–Crippen LogP) is 4.88. The molecule has 0 bridgehead atoms. The Morgan fingerprint density at radius 1 is 1.42 bits per heavy atom. The Bertz CT molecular complexity index is 492. The SMILES string of the molecule is CCC(C)C(=O)C(Cl)=NNc1c(C)cc(Cl)cc1Cl. The fraction of sp³-hybridized carbons (Fsp3) is 0.385. The van der Waals surface area contributed by atoms with Gasteiger partial charge in [0, 0.05) is 10.9 Å². The third kappa shape index (κ3) is 4.37. The van der Waals surface area contributed by atoms with E-state index in [0.717, 1.165) is 5.56 Å². The van der Waals surface area contributed by atoms with Crippen molar-refractivity contribution in [1.29, 1.82) is 0 Å². The van der Waals surface area contributed by atoms with Crippen LogP contribution in [0.25, 0.3) is 0 Å². The third-order valence-corrected chi connectivity index (χ3v) is 3.57. The standard InChI is InChI=1S/C13H15Cl3N2O/c1-4-7(2)12(19)13(16)18-17-11-8(3)5-9(14)6-10(11)15/h5-7,17H,4H2,1-3H3. The second kappa shape index (κ2) is 7.13. The number of ketones is 1. The summed E-state index contributed by atoms with van der Waals surface area (Å²) in [6, 6.07) is 3.34. The number of benzene rings is 1. The lowest BCUT2D eigenvalue weighted by Crippen LogP contribution is -2.18. The van der Waals surface area contributed by atoms with Gasteiger partial charge in [-0.3, -0.25) is 10.2 Å². The van der Waals surface area contributed by atoms with E-state index in [1.54, 1.807) is 19.1 Å². The first-order chi connectivity index (χ1) is 8.86. The van der Waals surface area contributed by atoms with Crippen LogP contribution in [0.5, 0.6) is 0 Å². The van der Waals surface area contributed by atoms with E-state index in [4.69, 9.17) is 34.8 Å². The molecule has 1 aromatic carbocycles. The molecule has 0 aromatic heterocycles. The Morgan fingerprint density at radius 2 is 2.05 bits per heavy atom. The summed E-state index contributed by atoms with van der Waals surface area (Å²) in [5.74, 6) is -0.348. The maximum absolute atomic E-state index is 11.8. The molecule has 19 heavy (non-hydrogen) atoms. The molecule has 0 heterocycles. The maximum Gasteiger partial charge on any atom is 0.197 e. The number of nitrogens with zero attached hydrogens (tertiary/aromatic N) is 1. The highest BCUT2D eigenvalue weighted by Gasteiger charge is 2.16. The molecular weight excluding hydrogens is 307 g/mol. The van der Waals surface area contributed by atoms with Crippen LogP contribution in [-0.2, 0) is 4.79 Å². The van der Waals surface area contributed by atoms with E-state index in [9.17, 15) is 4.79 Å². The van der Waals surface area contributed by atoms with Crippen molar-refractivity contribution in [2.75, 3.05) is 5.43 Å². The van der Waals surface area contributed by atoms with E-state index < -0.39 is 0 Å². The second-order valence-electron chi connectivity index (χ2n) is 4.27. The maximum atomic E-state index is 11.8. The average Bonchev–Trinajstić information content (AvgIpc) is 2.35. The number of anilines is 1. The number of carbonyl (C=O) groups is 1. The highest BCUT2D eigenvalue weighted by Crippen LogP contribution is 2.29. The van der Waals surface area contributed by atoms with E-state index in [0.29, 0.717) is 22.2 Å². The summed E-state index contributed by atoms with van der Waals surface area (Å²) in [7, 11) is 0. The van der Waals surface area contributed by atoms with E-state index in [1.807, 2.05) is 13.8 Å². The van der Waals surface area contributed by atoms with Gasteiger partial charge in [-0.25, -0.2) is 0 Å². The number of hydrazone groups is 1. The molecule has 1 atom stereocenters. The fourth-order valence-electron chi connectivity index (χ4n) is 1.39. The molecule has 3 nitrogen and oxygen atoms in total. The minimum Gasteiger partial charge on any atom is -0.291 e. The van der Waals surface area contributed by atoms with Gasteiger partial charge in [0.05, 0.1) is 10.7 Å². The van der Waals surface area contributed by atoms with Crippen molar-refractivity contribution in [1.82, 2.24) is 0 Å². The molecule has 6 heteroatoms. The fourth-order valence-corrected chi connectivity index (χ4v) is 2.26. The van der Waals surface area contributed by atoms with Crippen molar-refractivity contribution >= 4 is 51.4 Å². The van der Waals surface area contributed by atoms with Gasteiger partial charge in [0.1, 0.15) is 0 Å². The quantitative estimate of drug-likeness (QED) is 0.620. The molecular formula is C13H15Cl3N2O. The topological polar surface area (TPSA) is 41.5 Å². The van der Waals surface area contributed by atoms with Gasteiger partial charge in [0.2, 0.25) is 0 Å². The largest absolute Gasteiger partial charge is 0.291 e. The summed E-state index contributed by atoms with van der Waals surface area (Å²) in [4.78, 5) is 11.8. The van der Waals surface area contributed by atoms with E-state index in [-0.39, 0.29) is 16.9 Å². The molecule has 1 N–H and O–H groups in total. The number of nitrogens with one attached hydrogen (secondary N) is 1. The van der Waals surface area contributed by atoms with Gasteiger partial charge in [-0.2, -0.15) is 5.10 Å². The van der Waals surface area contributed by atoms with Crippen molar-refractivity contribution in [3.05, 3.63) is 27.7 Å². The molecule has 0 aliphatic carbocycles. The number of hydrogen-bond donors (Lipinski definition) is 1. The number of hydrogen-bond acceptors (Lipinski definition) is 3. The van der Waals surface area contributed by atoms with Crippen LogP contribution in [0.4, 0.5) is 5.69 Å². The van der Waals surface area contributed by atoms with Crippen molar-refractivity contribution in [2.24, 2.45) is 11.0 Å². The molecule has 0 aliphatic heterocycles. The van der Waals surface area contributed by atoms with Crippen molar-refractivity contribution in [3.8, 4) is 0 Å². The molecule has 1 aromatic rings. The van der Waals surface area contributed by atoms with Gasteiger partial charge in [0.25, 0.3) is 0 Å². The Kier molecular flexibility index (Phi) is 6.11. The molecule has 0 saturated carbocycles. The number of halogens is 3. The highest BCUT2D eigenvalue weighted by molar-refractivity contribution is 6.83. The first-order valence-electron chi connectivity index (χ1n) is 5.85. The lowest BCUT2D eigenvalue weighted by molar-refractivity contribution is -0.115. The summed E-state index contributed by atoms with van der Waals surface area (Å²) in [6.45, 7) is 5.56.